The molecule has 3 N–H and O–H groups in total. The molecule has 1 saturated heterocycles. The minimum absolute atomic E-state index is 0. The first kappa shape index (κ1) is 24.2. The van der Waals surface area contributed by atoms with Crippen molar-refractivity contribution in [3.63, 3.8) is 0 Å². The Kier molecular flexibility index (Phi) is 12.1. The van der Waals surface area contributed by atoms with Crippen LogP contribution in [0.15, 0.2) is 30.3 Å². The van der Waals surface area contributed by atoms with E-state index in [0.29, 0.717) is 6.54 Å². The van der Waals surface area contributed by atoms with Crippen LogP contribution in [0.25, 0.3) is 0 Å². The zero-order valence-electron chi connectivity index (χ0n) is 15.2. The summed E-state index contributed by atoms with van der Waals surface area (Å²) in [7, 11) is 0. The van der Waals surface area contributed by atoms with Crippen LogP contribution in [0.4, 0.5) is 0 Å². The molecule has 144 valence electrons. The number of likely N-dealkylation sites (tertiary alicyclic amines) is 1. The maximum absolute atomic E-state index is 12.3. The fraction of sp³-hybridized carbons (Fsp3) is 0.632. The SMILES string of the molecule is CC(N)(C(=O)NCCCCCN1CCCCC1)c1ccccc1.Cl.Cl. The van der Waals surface area contributed by atoms with Crippen molar-refractivity contribution in [2.24, 2.45) is 5.73 Å². The van der Waals surface area contributed by atoms with E-state index in [1.54, 1.807) is 6.92 Å². The van der Waals surface area contributed by atoms with Crippen molar-refractivity contribution in [3.8, 4) is 0 Å². The fourth-order valence-electron chi connectivity index (χ4n) is 3.12. The van der Waals surface area contributed by atoms with Gasteiger partial charge in [-0.05, 0) is 57.8 Å². The smallest absolute Gasteiger partial charge is 0.244 e. The Balaban J connectivity index is 0.00000288. The van der Waals surface area contributed by atoms with Crippen LogP contribution in [0.3, 0.4) is 0 Å². The van der Waals surface area contributed by atoms with Gasteiger partial charge in [0.15, 0.2) is 0 Å². The molecule has 1 fully saturated rings. The molecule has 2 rings (SSSR count). The van der Waals surface area contributed by atoms with Crippen molar-refractivity contribution >= 4 is 30.7 Å². The van der Waals surface area contributed by atoms with Crippen molar-refractivity contribution in [1.29, 1.82) is 0 Å². The Bertz CT molecular complexity index is 477. The van der Waals surface area contributed by atoms with Gasteiger partial charge in [0.05, 0.1) is 0 Å². The van der Waals surface area contributed by atoms with E-state index in [1.807, 2.05) is 30.3 Å². The highest BCUT2D eigenvalue weighted by Gasteiger charge is 2.29. The molecule has 1 atom stereocenters. The quantitative estimate of drug-likeness (QED) is 0.669. The molecule has 1 heterocycles. The third-order valence-electron chi connectivity index (χ3n) is 4.73. The van der Waals surface area contributed by atoms with Gasteiger partial charge in [0, 0.05) is 6.54 Å². The number of carbonyl (C=O) groups is 1. The zero-order chi connectivity index (χ0) is 16.5. The predicted molar refractivity (Wildman–Crippen MR) is 110 cm³/mol. The Morgan fingerprint density at radius 1 is 1.08 bits per heavy atom. The number of hydrogen-bond donors (Lipinski definition) is 2. The van der Waals surface area contributed by atoms with Gasteiger partial charge < -0.3 is 16.0 Å². The fourth-order valence-corrected chi connectivity index (χ4v) is 3.12. The van der Waals surface area contributed by atoms with E-state index in [4.69, 9.17) is 5.73 Å². The van der Waals surface area contributed by atoms with Crippen molar-refractivity contribution in [3.05, 3.63) is 35.9 Å². The Morgan fingerprint density at radius 2 is 1.72 bits per heavy atom. The number of nitrogens with one attached hydrogen (secondary N) is 1. The molecule has 0 aliphatic carbocycles. The number of nitrogens with two attached hydrogens (primary N) is 1. The van der Waals surface area contributed by atoms with Crippen molar-refractivity contribution in [1.82, 2.24) is 10.2 Å². The van der Waals surface area contributed by atoms with E-state index in [2.05, 4.69) is 10.2 Å². The molecule has 1 aliphatic rings. The van der Waals surface area contributed by atoms with Crippen LogP contribution in [0.1, 0.15) is 51.0 Å². The second-order valence-corrected chi connectivity index (χ2v) is 6.79. The molecule has 0 saturated carbocycles. The number of amides is 1. The first-order valence-corrected chi connectivity index (χ1v) is 8.96. The third kappa shape index (κ3) is 7.95. The van der Waals surface area contributed by atoms with Crippen LogP contribution in [0.2, 0.25) is 0 Å². The summed E-state index contributed by atoms with van der Waals surface area (Å²) < 4.78 is 0. The minimum atomic E-state index is -0.963. The average molecular weight is 390 g/mol. The number of piperidine rings is 1. The molecule has 6 heteroatoms. The van der Waals surface area contributed by atoms with Crippen LogP contribution in [0, 0.1) is 0 Å². The Hall–Kier alpha value is -0.810. The van der Waals surface area contributed by atoms with Crippen molar-refractivity contribution < 1.29 is 4.79 Å². The lowest BCUT2D eigenvalue weighted by molar-refractivity contribution is -0.126. The van der Waals surface area contributed by atoms with Gasteiger partial charge in [0.25, 0.3) is 0 Å². The monoisotopic (exact) mass is 389 g/mol. The molecule has 1 aromatic rings. The first-order chi connectivity index (χ1) is 11.1. The van der Waals surface area contributed by atoms with Crippen LogP contribution in [-0.2, 0) is 10.3 Å². The van der Waals surface area contributed by atoms with Gasteiger partial charge in [0.2, 0.25) is 5.91 Å². The molecule has 1 unspecified atom stereocenters. The highest BCUT2D eigenvalue weighted by molar-refractivity contribution is 5.87. The molecule has 1 amide bonds. The zero-order valence-corrected chi connectivity index (χ0v) is 16.8. The summed E-state index contributed by atoms with van der Waals surface area (Å²) in [4.78, 5) is 14.9. The van der Waals surface area contributed by atoms with Gasteiger partial charge in [-0.1, -0.05) is 43.2 Å². The van der Waals surface area contributed by atoms with Gasteiger partial charge in [-0.15, -0.1) is 24.8 Å². The predicted octanol–water partition coefficient (Wildman–Crippen LogP) is 3.48. The van der Waals surface area contributed by atoms with Crippen molar-refractivity contribution in [2.75, 3.05) is 26.2 Å². The summed E-state index contributed by atoms with van der Waals surface area (Å²) in [5, 5.41) is 2.98. The summed E-state index contributed by atoms with van der Waals surface area (Å²) in [5.41, 5.74) is 6.09. The van der Waals surface area contributed by atoms with Gasteiger partial charge >= 0.3 is 0 Å². The van der Waals surface area contributed by atoms with Crippen molar-refractivity contribution in [2.45, 2.75) is 51.0 Å². The Labute approximate surface area is 164 Å². The number of benzene rings is 1. The summed E-state index contributed by atoms with van der Waals surface area (Å²) in [6.45, 7) is 6.21. The third-order valence-corrected chi connectivity index (χ3v) is 4.73. The molecular formula is C19H33Cl2N3O. The molecule has 1 aliphatic heterocycles. The van der Waals surface area contributed by atoms with Crippen LogP contribution in [-0.4, -0.2) is 37.0 Å². The number of halogens is 2. The molecule has 1 aromatic carbocycles. The second kappa shape index (κ2) is 12.5. The van der Waals surface area contributed by atoms with Gasteiger partial charge in [-0.25, -0.2) is 0 Å². The first-order valence-electron chi connectivity index (χ1n) is 8.96. The Morgan fingerprint density at radius 3 is 2.36 bits per heavy atom. The minimum Gasteiger partial charge on any atom is -0.354 e. The second-order valence-electron chi connectivity index (χ2n) is 6.79. The lowest BCUT2D eigenvalue weighted by atomic mass is 9.92. The maximum Gasteiger partial charge on any atom is 0.244 e. The van der Waals surface area contributed by atoms with Crippen LogP contribution >= 0.6 is 24.8 Å². The molecule has 0 spiro atoms. The number of unbranched alkanes of at least 4 members (excludes halogenated alkanes) is 2. The lowest BCUT2D eigenvalue weighted by Gasteiger charge is -2.26. The van der Waals surface area contributed by atoms with E-state index in [0.717, 1.165) is 18.4 Å². The topological polar surface area (TPSA) is 58.4 Å². The highest BCUT2D eigenvalue weighted by Crippen LogP contribution is 2.17. The normalized spacial score (nSPS) is 16.9. The van der Waals surface area contributed by atoms with E-state index in [-0.39, 0.29) is 30.7 Å². The van der Waals surface area contributed by atoms with Crippen LogP contribution in [0.5, 0.6) is 0 Å². The standard InChI is InChI=1S/C19H31N3O.2ClH/c1-19(20,17-11-5-2-6-12-17)18(23)21-13-7-3-8-14-22-15-9-4-10-16-22;;/h2,5-6,11-12H,3-4,7-10,13-16,20H2,1H3,(H,21,23);2*1H. The number of hydrogen-bond acceptors (Lipinski definition) is 3. The molecule has 0 radical (unpaired) electrons. The summed E-state index contributed by atoms with van der Waals surface area (Å²) >= 11 is 0. The van der Waals surface area contributed by atoms with Gasteiger partial charge in [0.1, 0.15) is 5.54 Å². The van der Waals surface area contributed by atoms with E-state index in [9.17, 15) is 4.79 Å². The molecule has 0 bridgehead atoms. The summed E-state index contributed by atoms with van der Waals surface area (Å²) in [6.07, 6.45) is 7.49. The van der Waals surface area contributed by atoms with E-state index >= 15 is 0 Å². The van der Waals surface area contributed by atoms with E-state index in [1.165, 1.54) is 45.3 Å². The molecular weight excluding hydrogens is 357 g/mol. The lowest BCUT2D eigenvalue weighted by Crippen LogP contribution is -2.49. The highest BCUT2D eigenvalue weighted by atomic mass is 35.5. The number of nitrogens with zero attached hydrogens (tertiary/aromatic N) is 1. The molecule has 25 heavy (non-hydrogen) atoms. The molecule has 4 nitrogen and oxygen atoms in total. The largest absolute Gasteiger partial charge is 0.354 e. The van der Waals surface area contributed by atoms with E-state index < -0.39 is 5.54 Å². The van der Waals surface area contributed by atoms with Crippen LogP contribution < -0.4 is 11.1 Å². The average Bonchev–Trinajstić information content (AvgIpc) is 2.59. The maximum atomic E-state index is 12.3. The summed E-state index contributed by atoms with van der Waals surface area (Å²) in [6, 6.07) is 9.55. The number of carbonyl (C=O) groups excluding carboxylic acids is 1. The van der Waals surface area contributed by atoms with Gasteiger partial charge in [-0.3, -0.25) is 4.79 Å². The molecule has 0 aromatic heterocycles. The summed E-state index contributed by atoms with van der Waals surface area (Å²) in [5.74, 6) is -0.0975. The number of rotatable bonds is 8. The van der Waals surface area contributed by atoms with Gasteiger partial charge in [-0.2, -0.15) is 0 Å².